The van der Waals surface area contributed by atoms with Crippen molar-refractivity contribution >= 4 is 29.9 Å². The van der Waals surface area contributed by atoms with Crippen LogP contribution in [0.15, 0.2) is 48.2 Å². The molecule has 0 radical (unpaired) electrons. The first-order valence-corrected chi connectivity index (χ1v) is 8.78. The van der Waals surface area contributed by atoms with Gasteiger partial charge in [-0.3, -0.25) is 4.99 Å². The van der Waals surface area contributed by atoms with E-state index in [0.29, 0.717) is 19.6 Å². The Hall–Kier alpha value is -2.10. The number of benzene rings is 1. The van der Waals surface area contributed by atoms with Crippen molar-refractivity contribution < 1.29 is 4.74 Å². The zero-order valence-corrected chi connectivity index (χ0v) is 18.6. The Morgan fingerprint density at radius 3 is 2.89 bits per heavy atom. The SMILES string of the molecule is C=CCNC(=NCCn1cnnc1CC)N(C)Cc1ccccc1OC.I. The molecule has 8 heteroatoms. The average molecular weight is 484 g/mol. The van der Waals surface area contributed by atoms with E-state index in [4.69, 9.17) is 9.73 Å². The Morgan fingerprint density at radius 1 is 1.41 bits per heavy atom. The number of aliphatic imine (C=N–C) groups is 1. The maximum absolute atomic E-state index is 5.44. The van der Waals surface area contributed by atoms with Gasteiger partial charge in [0.15, 0.2) is 5.96 Å². The summed E-state index contributed by atoms with van der Waals surface area (Å²) < 4.78 is 7.48. The van der Waals surface area contributed by atoms with Gasteiger partial charge in [0.2, 0.25) is 0 Å². The Labute approximate surface area is 178 Å². The number of hydrogen-bond donors (Lipinski definition) is 1. The predicted octanol–water partition coefficient (Wildman–Crippen LogP) is 2.73. The fourth-order valence-electron chi connectivity index (χ4n) is 2.64. The van der Waals surface area contributed by atoms with Gasteiger partial charge in [0.05, 0.1) is 13.7 Å². The van der Waals surface area contributed by atoms with Crippen molar-refractivity contribution in [2.45, 2.75) is 26.4 Å². The first-order valence-electron chi connectivity index (χ1n) is 8.78. The molecule has 0 saturated heterocycles. The number of rotatable bonds is 9. The van der Waals surface area contributed by atoms with E-state index in [9.17, 15) is 0 Å². The number of aromatic nitrogens is 3. The summed E-state index contributed by atoms with van der Waals surface area (Å²) in [6.45, 7) is 8.58. The van der Waals surface area contributed by atoms with Crippen molar-refractivity contribution in [2.75, 3.05) is 27.2 Å². The van der Waals surface area contributed by atoms with E-state index in [2.05, 4.69) is 40.0 Å². The molecule has 0 aliphatic carbocycles. The predicted molar refractivity (Wildman–Crippen MR) is 120 cm³/mol. The Kier molecular flexibility index (Phi) is 10.5. The van der Waals surface area contributed by atoms with Crippen LogP contribution in [0.2, 0.25) is 0 Å². The normalized spacial score (nSPS) is 10.9. The molecule has 0 spiro atoms. The molecule has 27 heavy (non-hydrogen) atoms. The van der Waals surface area contributed by atoms with Crippen molar-refractivity contribution in [1.82, 2.24) is 25.0 Å². The molecule has 1 aromatic carbocycles. The molecule has 148 valence electrons. The van der Waals surface area contributed by atoms with Gasteiger partial charge in [-0.05, 0) is 6.07 Å². The van der Waals surface area contributed by atoms with Crippen LogP contribution in [0.25, 0.3) is 0 Å². The topological polar surface area (TPSA) is 67.6 Å². The molecule has 7 nitrogen and oxygen atoms in total. The number of guanidine groups is 1. The number of halogens is 1. The number of para-hydroxylation sites is 1. The lowest BCUT2D eigenvalue weighted by Crippen LogP contribution is -2.39. The summed E-state index contributed by atoms with van der Waals surface area (Å²) in [7, 11) is 3.70. The fourth-order valence-corrected chi connectivity index (χ4v) is 2.64. The molecule has 1 N–H and O–H groups in total. The highest BCUT2D eigenvalue weighted by atomic mass is 127. The number of nitrogens with one attached hydrogen (secondary N) is 1. The van der Waals surface area contributed by atoms with Crippen molar-refractivity contribution in [3.63, 3.8) is 0 Å². The summed E-state index contributed by atoms with van der Waals surface area (Å²) in [6.07, 6.45) is 4.43. The maximum atomic E-state index is 5.44. The van der Waals surface area contributed by atoms with E-state index in [1.54, 1.807) is 13.4 Å². The van der Waals surface area contributed by atoms with Gasteiger partial charge in [-0.2, -0.15) is 0 Å². The molecule has 0 amide bonds. The number of ether oxygens (including phenoxy) is 1. The molecule has 2 rings (SSSR count). The molecule has 0 unspecified atom stereocenters. The lowest BCUT2D eigenvalue weighted by atomic mass is 10.2. The van der Waals surface area contributed by atoms with Crippen LogP contribution in [0, 0.1) is 0 Å². The van der Waals surface area contributed by atoms with Crippen LogP contribution < -0.4 is 10.1 Å². The lowest BCUT2D eigenvalue weighted by Gasteiger charge is -2.23. The quantitative estimate of drug-likeness (QED) is 0.257. The van der Waals surface area contributed by atoms with Gasteiger partial charge < -0.3 is 19.5 Å². The molecule has 0 fully saturated rings. The fraction of sp³-hybridized carbons (Fsp3) is 0.421. The number of aryl methyl sites for hydroxylation is 1. The van der Waals surface area contributed by atoms with E-state index in [1.807, 2.05) is 35.9 Å². The van der Waals surface area contributed by atoms with E-state index in [0.717, 1.165) is 36.1 Å². The minimum atomic E-state index is 0. The molecule has 2 aromatic rings. The van der Waals surface area contributed by atoms with Gasteiger partial charge in [-0.1, -0.05) is 31.2 Å². The van der Waals surface area contributed by atoms with Crippen LogP contribution in [0.3, 0.4) is 0 Å². The number of nitrogens with zero attached hydrogens (tertiary/aromatic N) is 5. The van der Waals surface area contributed by atoms with E-state index in [-0.39, 0.29) is 24.0 Å². The minimum Gasteiger partial charge on any atom is -0.496 e. The van der Waals surface area contributed by atoms with Crippen LogP contribution in [0.1, 0.15) is 18.3 Å². The first kappa shape index (κ1) is 22.9. The number of methoxy groups -OCH3 is 1. The molecule has 1 aromatic heterocycles. The van der Waals surface area contributed by atoms with Crippen LogP contribution in [-0.4, -0.2) is 52.9 Å². The monoisotopic (exact) mass is 484 g/mol. The average Bonchev–Trinajstić information content (AvgIpc) is 3.12. The third-order valence-electron chi connectivity index (χ3n) is 3.98. The number of hydrogen-bond acceptors (Lipinski definition) is 4. The van der Waals surface area contributed by atoms with Gasteiger partial charge in [0.25, 0.3) is 0 Å². The zero-order valence-electron chi connectivity index (χ0n) is 16.3. The largest absolute Gasteiger partial charge is 0.496 e. The van der Waals surface area contributed by atoms with Gasteiger partial charge in [-0.25, -0.2) is 0 Å². The first-order chi connectivity index (χ1) is 12.7. The summed E-state index contributed by atoms with van der Waals surface area (Å²) in [5, 5.41) is 11.4. The van der Waals surface area contributed by atoms with Crippen molar-refractivity contribution in [3.8, 4) is 5.75 Å². The van der Waals surface area contributed by atoms with Gasteiger partial charge in [0.1, 0.15) is 17.9 Å². The second-order valence-electron chi connectivity index (χ2n) is 5.84. The van der Waals surface area contributed by atoms with E-state index < -0.39 is 0 Å². The van der Waals surface area contributed by atoms with Gasteiger partial charge in [-0.15, -0.1) is 40.8 Å². The standard InChI is InChI=1S/C19H28N6O.HI/c1-5-11-20-19(21-12-13-25-15-22-23-18(25)6-2)24(3)14-16-9-7-8-10-17(16)26-4;/h5,7-10,15H,1,6,11-14H2,2-4H3,(H,20,21);1H. The summed E-state index contributed by atoms with van der Waals surface area (Å²) in [5.74, 6) is 2.67. The molecular weight excluding hydrogens is 455 g/mol. The zero-order chi connectivity index (χ0) is 18.8. The Balaban J connectivity index is 0.00000364. The van der Waals surface area contributed by atoms with Crippen LogP contribution >= 0.6 is 24.0 Å². The van der Waals surface area contributed by atoms with Gasteiger partial charge >= 0.3 is 0 Å². The van der Waals surface area contributed by atoms with Gasteiger partial charge in [0, 0.05) is 38.7 Å². The highest BCUT2D eigenvalue weighted by molar-refractivity contribution is 14.0. The summed E-state index contributed by atoms with van der Waals surface area (Å²) in [6, 6.07) is 8.01. The second-order valence-corrected chi connectivity index (χ2v) is 5.84. The molecule has 0 saturated carbocycles. The van der Waals surface area contributed by atoms with E-state index in [1.165, 1.54) is 0 Å². The van der Waals surface area contributed by atoms with Crippen molar-refractivity contribution in [2.24, 2.45) is 4.99 Å². The smallest absolute Gasteiger partial charge is 0.194 e. The molecule has 0 bridgehead atoms. The third kappa shape index (κ3) is 6.85. The highest BCUT2D eigenvalue weighted by Gasteiger charge is 2.10. The maximum Gasteiger partial charge on any atom is 0.194 e. The van der Waals surface area contributed by atoms with Crippen LogP contribution in [-0.2, 0) is 19.5 Å². The molecule has 0 aliphatic rings. The van der Waals surface area contributed by atoms with Crippen molar-refractivity contribution in [1.29, 1.82) is 0 Å². The summed E-state index contributed by atoms with van der Waals surface area (Å²) in [5.41, 5.74) is 1.11. The lowest BCUT2D eigenvalue weighted by molar-refractivity contribution is 0.396. The highest BCUT2D eigenvalue weighted by Crippen LogP contribution is 2.18. The Bertz CT molecular complexity index is 730. The van der Waals surface area contributed by atoms with Crippen molar-refractivity contribution in [3.05, 3.63) is 54.6 Å². The summed E-state index contributed by atoms with van der Waals surface area (Å²) in [4.78, 5) is 6.81. The Morgan fingerprint density at radius 2 is 2.19 bits per heavy atom. The van der Waals surface area contributed by atoms with Crippen LogP contribution in [0.4, 0.5) is 0 Å². The summed E-state index contributed by atoms with van der Waals surface area (Å²) >= 11 is 0. The molecule has 0 atom stereocenters. The van der Waals surface area contributed by atoms with Crippen LogP contribution in [0.5, 0.6) is 5.75 Å². The third-order valence-corrected chi connectivity index (χ3v) is 3.98. The van der Waals surface area contributed by atoms with E-state index >= 15 is 0 Å². The second kappa shape index (κ2) is 12.3. The molecule has 0 aliphatic heterocycles. The minimum absolute atomic E-state index is 0. The molecule has 1 heterocycles. The molecular formula is C19H29IN6O.